The Labute approximate surface area is 66.6 Å². The van der Waals surface area contributed by atoms with Crippen LogP contribution in [0.5, 0.6) is 0 Å². The first kappa shape index (κ1) is 8.63. The Hall–Kier alpha value is -0.460. The highest BCUT2D eigenvalue weighted by Crippen LogP contribution is 2.10. The predicted octanol–water partition coefficient (Wildman–Crippen LogP) is -1.58. The monoisotopic (exact) mass is 178 g/mol. The van der Waals surface area contributed by atoms with Crippen molar-refractivity contribution in [2.75, 3.05) is 6.54 Å². The van der Waals surface area contributed by atoms with Crippen molar-refractivity contribution in [3.05, 3.63) is 0 Å². The summed E-state index contributed by atoms with van der Waals surface area (Å²) in [6.45, 7) is 0.386. The maximum atomic E-state index is 10.5. The van der Waals surface area contributed by atoms with Crippen LogP contribution in [0.2, 0.25) is 0 Å². The van der Waals surface area contributed by atoms with E-state index in [1.807, 2.05) is 0 Å². The minimum atomic E-state index is -1.85. The molecule has 0 aromatic rings. The molecule has 1 rings (SSSR count). The first-order chi connectivity index (χ1) is 5.11. The molecule has 11 heavy (non-hydrogen) atoms. The van der Waals surface area contributed by atoms with Crippen molar-refractivity contribution in [2.45, 2.75) is 17.7 Å². The highest BCUT2D eigenvalue weighted by atomic mass is 32.2. The highest BCUT2D eigenvalue weighted by Gasteiger charge is 2.30. The number of hydrogen-bond acceptors (Lipinski definition) is 3. The van der Waals surface area contributed by atoms with Gasteiger partial charge in [0.1, 0.15) is 0 Å². The molecule has 1 aliphatic heterocycles. The summed E-state index contributed by atoms with van der Waals surface area (Å²) in [4.78, 5) is 10.5. The second-order valence-electron chi connectivity index (χ2n) is 2.50. The molecule has 3 unspecified atom stereocenters. The summed E-state index contributed by atoms with van der Waals surface area (Å²) in [6, 6.07) is -0.434. The molecule has 0 radical (unpaired) electrons. The maximum absolute atomic E-state index is 10.5. The van der Waals surface area contributed by atoms with Crippen LogP contribution >= 0.6 is 0 Å². The lowest BCUT2D eigenvalue weighted by Gasteiger charge is -2.02. The number of rotatable bonds is 2. The highest BCUT2D eigenvalue weighted by molar-refractivity contribution is 7.79. The van der Waals surface area contributed by atoms with Crippen LogP contribution in [0.4, 0.5) is 0 Å². The second kappa shape index (κ2) is 3.29. The summed E-state index contributed by atoms with van der Waals surface area (Å²) < 4.78 is 19.1. The van der Waals surface area contributed by atoms with E-state index in [0.717, 1.165) is 0 Å². The van der Waals surface area contributed by atoms with Crippen molar-refractivity contribution in [1.82, 2.24) is 5.32 Å². The molecule has 1 saturated heterocycles. The zero-order valence-corrected chi connectivity index (χ0v) is 6.63. The third kappa shape index (κ3) is 1.98. The number of primary amides is 1. The van der Waals surface area contributed by atoms with Crippen LogP contribution in [-0.2, 0) is 15.9 Å². The molecule has 0 aromatic heterocycles. The van der Waals surface area contributed by atoms with Gasteiger partial charge in [0.05, 0.1) is 11.3 Å². The fraction of sp³-hybridized carbons (Fsp3) is 0.800. The predicted molar refractivity (Wildman–Crippen MR) is 40.2 cm³/mol. The molecule has 0 bridgehead atoms. The minimum Gasteiger partial charge on any atom is -0.368 e. The average molecular weight is 178 g/mol. The van der Waals surface area contributed by atoms with E-state index in [2.05, 4.69) is 5.32 Å². The van der Waals surface area contributed by atoms with Gasteiger partial charge < -0.3 is 15.6 Å². The quantitative estimate of drug-likeness (QED) is 0.445. The minimum absolute atomic E-state index is 0.354. The molecule has 0 spiro atoms. The smallest absolute Gasteiger partial charge is 0.234 e. The Bertz CT molecular complexity index is 176. The van der Waals surface area contributed by atoms with E-state index in [4.69, 9.17) is 10.3 Å². The molecule has 6 heteroatoms. The van der Waals surface area contributed by atoms with Crippen molar-refractivity contribution in [2.24, 2.45) is 5.73 Å². The van der Waals surface area contributed by atoms with Gasteiger partial charge in [-0.3, -0.25) is 4.79 Å². The fourth-order valence-corrected chi connectivity index (χ4v) is 1.67. The number of carbonyl (C=O) groups is 1. The summed E-state index contributed by atoms with van der Waals surface area (Å²) >= 11 is -1.85. The van der Waals surface area contributed by atoms with Crippen LogP contribution in [0.1, 0.15) is 6.42 Å². The summed E-state index contributed by atoms with van der Waals surface area (Å²) in [5.41, 5.74) is 4.98. The van der Waals surface area contributed by atoms with Crippen LogP contribution in [0.25, 0.3) is 0 Å². The lowest BCUT2D eigenvalue weighted by atomic mass is 10.2. The molecule has 0 aromatic carbocycles. The van der Waals surface area contributed by atoms with Gasteiger partial charge in [0.25, 0.3) is 0 Å². The number of nitrogens with two attached hydrogens (primary N) is 1. The van der Waals surface area contributed by atoms with Gasteiger partial charge in [-0.15, -0.1) is 0 Å². The number of carbonyl (C=O) groups excluding carboxylic acids is 1. The third-order valence-corrected chi connectivity index (χ3v) is 2.65. The normalized spacial score (nSPS) is 33.5. The zero-order valence-electron chi connectivity index (χ0n) is 5.82. The Balaban J connectivity index is 2.47. The van der Waals surface area contributed by atoms with Gasteiger partial charge in [0.15, 0.2) is 11.1 Å². The number of hydrogen-bond donors (Lipinski definition) is 3. The van der Waals surface area contributed by atoms with Gasteiger partial charge in [-0.25, -0.2) is 4.21 Å². The average Bonchev–Trinajstić information content (AvgIpc) is 2.33. The Morgan fingerprint density at radius 1 is 1.73 bits per heavy atom. The van der Waals surface area contributed by atoms with Gasteiger partial charge in [-0.05, 0) is 6.42 Å². The van der Waals surface area contributed by atoms with Crippen LogP contribution < -0.4 is 11.1 Å². The van der Waals surface area contributed by atoms with Crippen molar-refractivity contribution in [3.8, 4) is 0 Å². The largest absolute Gasteiger partial charge is 0.368 e. The van der Waals surface area contributed by atoms with Crippen LogP contribution in [0, 0.1) is 0 Å². The topological polar surface area (TPSA) is 92.4 Å². The maximum Gasteiger partial charge on any atom is 0.234 e. The Morgan fingerprint density at radius 3 is 2.64 bits per heavy atom. The van der Waals surface area contributed by atoms with Gasteiger partial charge in [-0.2, -0.15) is 0 Å². The second-order valence-corrected chi connectivity index (χ2v) is 3.72. The van der Waals surface area contributed by atoms with Gasteiger partial charge >= 0.3 is 0 Å². The Morgan fingerprint density at radius 2 is 2.36 bits per heavy atom. The molecule has 3 atom stereocenters. The molecular weight excluding hydrogens is 168 g/mol. The molecule has 0 saturated carbocycles. The van der Waals surface area contributed by atoms with E-state index in [0.29, 0.717) is 13.0 Å². The number of amides is 1. The van der Waals surface area contributed by atoms with Gasteiger partial charge in [0, 0.05) is 6.54 Å². The molecule has 1 fully saturated rings. The first-order valence-electron chi connectivity index (χ1n) is 3.23. The summed E-state index contributed by atoms with van der Waals surface area (Å²) in [6.07, 6.45) is 0.360. The molecule has 4 N–H and O–H groups in total. The van der Waals surface area contributed by atoms with E-state index in [9.17, 15) is 9.00 Å². The van der Waals surface area contributed by atoms with Gasteiger partial charge in [-0.1, -0.05) is 0 Å². The molecule has 1 amide bonds. The van der Waals surface area contributed by atoms with E-state index in [1.54, 1.807) is 0 Å². The SMILES string of the molecule is NC(=O)C1CC(S(=O)O)CN1. The van der Waals surface area contributed by atoms with E-state index < -0.39 is 23.0 Å². The summed E-state index contributed by atoms with van der Waals surface area (Å²) in [7, 11) is 0. The lowest BCUT2D eigenvalue weighted by molar-refractivity contribution is -0.119. The van der Waals surface area contributed by atoms with Crippen LogP contribution in [0.15, 0.2) is 0 Å². The molecule has 1 aliphatic rings. The standard InChI is InChI=1S/C5H10N2O3S/c6-5(8)4-1-3(2-7-4)11(9)10/h3-4,7H,1-2H2,(H2,6,8)(H,9,10). The van der Waals surface area contributed by atoms with E-state index in [1.165, 1.54) is 0 Å². The molecule has 0 aliphatic carbocycles. The third-order valence-electron chi connectivity index (χ3n) is 1.72. The lowest BCUT2D eigenvalue weighted by Crippen LogP contribution is -2.36. The van der Waals surface area contributed by atoms with Crippen molar-refractivity contribution in [1.29, 1.82) is 0 Å². The molecule has 1 heterocycles. The van der Waals surface area contributed by atoms with Crippen molar-refractivity contribution < 1.29 is 13.6 Å². The van der Waals surface area contributed by atoms with Crippen molar-refractivity contribution >= 4 is 17.0 Å². The molecular formula is C5H10N2O3S. The van der Waals surface area contributed by atoms with Crippen LogP contribution in [-0.4, -0.2) is 32.5 Å². The first-order valence-corrected chi connectivity index (χ1v) is 4.40. The van der Waals surface area contributed by atoms with Gasteiger partial charge in [0.2, 0.25) is 5.91 Å². The van der Waals surface area contributed by atoms with Crippen LogP contribution in [0.3, 0.4) is 0 Å². The fourth-order valence-electron chi connectivity index (χ4n) is 1.07. The van der Waals surface area contributed by atoms with Crippen molar-refractivity contribution in [3.63, 3.8) is 0 Å². The summed E-state index contributed by atoms with van der Waals surface area (Å²) in [5, 5.41) is 2.41. The van der Waals surface area contributed by atoms with E-state index >= 15 is 0 Å². The number of nitrogens with one attached hydrogen (secondary N) is 1. The van der Waals surface area contributed by atoms with E-state index in [-0.39, 0.29) is 5.25 Å². The summed E-state index contributed by atoms with van der Waals surface area (Å²) in [5.74, 6) is -0.460. The Kier molecular flexibility index (Phi) is 2.58. The molecule has 64 valence electrons. The zero-order chi connectivity index (χ0) is 8.43. The molecule has 5 nitrogen and oxygen atoms in total.